The average molecular weight is 225 g/mol. The van der Waals surface area contributed by atoms with Crippen LogP contribution in [0.15, 0.2) is 0 Å². The number of hydrogen-bond donors (Lipinski definition) is 2. The zero-order valence-electron chi connectivity index (χ0n) is 7.47. The Kier molecular flexibility index (Phi) is 21.4. The van der Waals surface area contributed by atoms with Crippen LogP contribution in [0.3, 0.4) is 0 Å². The molecule has 0 saturated carbocycles. The topological polar surface area (TPSA) is 41.5 Å². The van der Waals surface area contributed by atoms with Crippen LogP contribution in [0.5, 0.6) is 0 Å². The molecule has 0 rings (SSSR count). The Hall–Kier alpha value is 0.438. The number of aliphatic hydroxyl groups excluding tert-OH is 1. The summed E-state index contributed by atoms with van der Waals surface area (Å²) in [4.78, 5) is 0. The molecular formula is C7H20AsNO2. The van der Waals surface area contributed by atoms with Gasteiger partial charge < -0.3 is 10.4 Å². The molecule has 2 N–H and O–H groups in total. The molecule has 0 bridgehead atoms. The molecule has 0 aromatic carbocycles. The van der Waals surface area contributed by atoms with Crippen LogP contribution in [-0.4, -0.2) is 55.9 Å². The van der Waals surface area contributed by atoms with Crippen molar-refractivity contribution in [2.24, 2.45) is 0 Å². The van der Waals surface area contributed by atoms with Gasteiger partial charge in [-0.25, -0.2) is 0 Å². The van der Waals surface area contributed by atoms with Crippen molar-refractivity contribution in [3.63, 3.8) is 0 Å². The average Bonchev–Trinajstić information content (AvgIpc) is 2.04. The molecule has 11 heavy (non-hydrogen) atoms. The molecule has 4 heteroatoms. The van der Waals surface area contributed by atoms with Crippen LogP contribution in [0.1, 0.15) is 6.42 Å². The Morgan fingerprint density at radius 1 is 1.55 bits per heavy atom. The molecular weight excluding hydrogens is 205 g/mol. The summed E-state index contributed by atoms with van der Waals surface area (Å²) >= 11 is 1.78. The van der Waals surface area contributed by atoms with Crippen LogP contribution >= 0.6 is 0 Å². The summed E-state index contributed by atoms with van der Waals surface area (Å²) in [6.45, 7) is 1.86. The van der Waals surface area contributed by atoms with E-state index in [1.54, 1.807) is 31.0 Å². The van der Waals surface area contributed by atoms with Gasteiger partial charge in [0.05, 0.1) is 6.61 Å². The van der Waals surface area contributed by atoms with Gasteiger partial charge in [0.15, 0.2) is 0 Å². The molecule has 70 valence electrons. The Morgan fingerprint density at radius 3 is 2.27 bits per heavy atom. The molecule has 0 radical (unpaired) electrons. The Morgan fingerprint density at radius 2 is 2.18 bits per heavy atom. The number of ether oxygens (including phenoxy) is 1. The molecule has 0 amide bonds. The summed E-state index contributed by atoms with van der Waals surface area (Å²) in [6, 6.07) is 0. The minimum atomic E-state index is 0.233. The number of aliphatic hydroxyl groups is 1. The minimum absolute atomic E-state index is 0.233. The molecule has 0 heterocycles. The molecule has 0 aromatic heterocycles. The molecule has 0 aliphatic rings. The summed E-state index contributed by atoms with van der Waals surface area (Å²) in [5, 5.41) is 12.1. The predicted octanol–water partition coefficient (Wildman–Crippen LogP) is -0.728. The first-order valence-electron chi connectivity index (χ1n) is 3.77. The number of rotatable bonds is 5. The normalized spacial score (nSPS) is 8.73. The molecule has 0 spiro atoms. The third kappa shape index (κ3) is 25.1. The first-order chi connectivity index (χ1) is 5.33. The van der Waals surface area contributed by atoms with Crippen molar-refractivity contribution in [2.75, 3.05) is 33.9 Å². The van der Waals surface area contributed by atoms with E-state index in [0.29, 0.717) is 6.54 Å². The molecule has 1 unspecified atom stereocenters. The monoisotopic (exact) mass is 225 g/mol. The molecule has 0 aliphatic heterocycles. The SMILES string of the molecule is CNCCO.COCCC[AsH2]. The number of likely N-dealkylation sites (N-methyl/N-ethyl adjacent to an activating group) is 1. The zero-order chi connectivity index (χ0) is 8.95. The van der Waals surface area contributed by atoms with Crippen molar-refractivity contribution < 1.29 is 9.84 Å². The first kappa shape index (κ1) is 14.0. The van der Waals surface area contributed by atoms with Gasteiger partial charge >= 0.3 is 46.9 Å². The van der Waals surface area contributed by atoms with Crippen molar-refractivity contribution in [3.05, 3.63) is 0 Å². The van der Waals surface area contributed by atoms with Gasteiger partial charge in [0.25, 0.3) is 0 Å². The second-order valence-electron chi connectivity index (χ2n) is 1.96. The summed E-state index contributed by atoms with van der Waals surface area (Å²) < 4.78 is 4.79. The van der Waals surface area contributed by atoms with Crippen LogP contribution < -0.4 is 5.32 Å². The standard InChI is InChI=1S/C4H11AsO.C3H9NO/c1-6-4-2-3-5;1-4-2-3-5/h2-5H2,1H3;4-5H,2-3H2,1H3. The van der Waals surface area contributed by atoms with Gasteiger partial charge in [-0.2, -0.15) is 0 Å². The quantitative estimate of drug-likeness (QED) is 0.479. The van der Waals surface area contributed by atoms with Crippen molar-refractivity contribution in [1.82, 2.24) is 5.32 Å². The third-order valence-electron chi connectivity index (χ3n) is 0.914. The van der Waals surface area contributed by atoms with E-state index in [1.807, 2.05) is 0 Å². The van der Waals surface area contributed by atoms with E-state index >= 15 is 0 Å². The predicted molar refractivity (Wildman–Crippen MR) is 50.9 cm³/mol. The van der Waals surface area contributed by atoms with Crippen molar-refractivity contribution >= 4 is 16.9 Å². The van der Waals surface area contributed by atoms with E-state index in [2.05, 4.69) is 5.32 Å². The van der Waals surface area contributed by atoms with Gasteiger partial charge in [0.1, 0.15) is 0 Å². The summed E-state index contributed by atoms with van der Waals surface area (Å²) in [5.41, 5.74) is 0. The van der Waals surface area contributed by atoms with Gasteiger partial charge in [-0.05, 0) is 7.05 Å². The number of hydrogen-bond acceptors (Lipinski definition) is 3. The molecule has 0 fully saturated rings. The van der Waals surface area contributed by atoms with Gasteiger partial charge in [0.2, 0.25) is 0 Å². The zero-order valence-corrected chi connectivity index (χ0v) is 9.89. The van der Waals surface area contributed by atoms with E-state index in [4.69, 9.17) is 9.84 Å². The molecule has 1 atom stereocenters. The molecule has 0 saturated heterocycles. The van der Waals surface area contributed by atoms with E-state index < -0.39 is 0 Å². The maximum absolute atomic E-state index is 8.00. The number of methoxy groups -OCH3 is 1. The van der Waals surface area contributed by atoms with Crippen LogP contribution in [-0.2, 0) is 4.74 Å². The van der Waals surface area contributed by atoms with E-state index in [0.717, 1.165) is 6.61 Å². The van der Waals surface area contributed by atoms with Gasteiger partial charge in [0, 0.05) is 6.54 Å². The summed E-state index contributed by atoms with van der Waals surface area (Å²) in [7, 11) is 3.54. The fraction of sp³-hybridized carbons (Fsp3) is 1.00. The van der Waals surface area contributed by atoms with Gasteiger partial charge in [-0.1, -0.05) is 0 Å². The first-order valence-corrected chi connectivity index (χ1v) is 5.49. The Labute approximate surface area is 78.0 Å². The van der Waals surface area contributed by atoms with Crippen molar-refractivity contribution in [3.8, 4) is 0 Å². The van der Waals surface area contributed by atoms with Gasteiger partial charge in [-0.3, -0.25) is 0 Å². The van der Waals surface area contributed by atoms with Crippen molar-refractivity contribution in [2.45, 2.75) is 11.6 Å². The van der Waals surface area contributed by atoms with E-state index in [-0.39, 0.29) is 6.61 Å². The number of nitrogens with one attached hydrogen (secondary N) is 1. The van der Waals surface area contributed by atoms with Crippen molar-refractivity contribution in [1.29, 1.82) is 0 Å². The Bertz CT molecular complexity index is 49.7. The maximum atomic E-state index is 8.00. The summed E-state index contributed by atoms with van der Waals surface area (Å²) in [5.74, 6) is 0. The van der Waals surface area contributed by atoms with Crippen LogP contribution in [0.25, 0.3) is 0 Å². The van der Waals surface area contributed by atoms with E-state index in [1.165, 1.54) is 11.6 Å². The third-order valence-corrected chi connectivity index (χ3v) is 1.77. The molecule has 0 aliphatic carbocycles. The Balaban J connectivity index is 0. The van der Waals surface area contributed by atoms with Crippen LogP contribution in [0, 0.1) is 0 Å². The van der Waals surface area contributed by atoms with E-state index in [9.17, 15) is 0 Å². The summed E-state index contributed by atoms with van der Waals surface area (Å²) in [6.07, 6.45) is 1.22. The molecule has 0 aromatic rings. The fourth-order valence-corrected chi connectivity index (χ4v) is 0.689. The van der Waals surface area contributed by atoms with Crippen LogP contribution in [0.2, 0.25) is 5.21 Å². The fourth-order valence-electron chi connectivity index (χ4n) is 0.339. The second kappa shape index (κ2) is 16.8. The van der Waals surface area contributed by atoms with Crippen LogP contribution in [0.4, 0.5) is 0 Å². The van der Waals surface area contributed by atoms with Gasteiger partial charge in [-0.15, -0.1) is 0 Å². The molecule has 3 nitrogen and oxygen atoms in total. The second-order valence-corrected chi connectivity index (χ2v) is 3.17.